The van der Waals surface area contributed by atoms with Crippen molar-refractivity contribution < 1.29 is 9.59 Å². The fraction of sp³-hybridized carbons (Fsp3) is 0.529. The van der Waals surface area contributed by atoms with E-state index in [2.05, 4.69) is 36.6 Å². The zero-order valence-electron chi connectivity index (χ0n) is 13.9. The molecule has 1 aromatic rings. The second kappa shape index (κ2) is 9.20. The third kappa shape index (κ3) is 5.85. The van der Waals surface area contributed by atoms with Crippen LogP contribution in [0.4, 0.5) is 0 Å². The van der Waals surface area contributed by atoms with Gasteiger partial charge in [0.25, 0.3) is 0 Å². The van der Waals surface area contributed by atoms with Crippen LogP contribution in [-0.2, 0) is 9.59 Å². The summed E-state index contributed by atoms with van der Waals surface area (Å²) in [5.41, 5.74) is 1.23. The first-order valence-electron chi connectivity index (χ1n) is 7.66. The number of benzene rings is 1. The van der Waals surface area contributed by atoms with Gasteiger partial charge in [0.15, 0.2) is 0 Å². The first kappa shape index (κ1) is 18.2. The Balaban J connectivity index is 2.87. The van der Waals surface area contributed by atoms with Gasteiger partial charge in [-0.05, 0) is 17.4 Å². The lowest BCUT2D eigenvalue weighted by molar-refractivity contribution is -0.124. The lowest BCUT2D eigenvalue weighted by Gasteiger charge is -2.29. The summed E-state index contributed by atoms with van der Waals surface area (Å²) >= 11 is 0. The summed E-state index contributed by atoms with van der Waals surface area (Å²) in [6.45, 7) is 5.44. The van der Waals surface area contributed by atoms with Crippen LogP contribution in [0.3, 0.4) is 0 Å². The minimum Gasteiger partial charge on any atom is -0.358 e. The molecule has 1 unspecified atom stereocenters. The maximum Gasteiger partial charge on any atom is 0.233 e. The van der Waals surface area contributed by atoms with Gasteiger partial charge in [0.05, 0.1) is 13.1 Å². The van der Waals surface area contributed by atoms with E-state index in [1.165, 1.54) is 5.56 Å². The van der Waals surface area contributed by atoms with Gasteiger partial charge in [-0.3, -0.25) is 14.5 Å². The van der Waals surface area contributed by atoms with Crippen LogP contribution in [0.15, 0.2) is 30.3 Å². The highest BCUT2D eigenvalue weighted by Gasteiger charge is 2.22. The van der Waals surface area contributed by atoms with Gasteiger partial charge in [0.1, 0.15) is 0 Å². The Morgan fingerprint density at radius 2 is 1.50 bits per heavy atom. The summed E-state index contributed by atoms with van der Waals surface area (Å²) in [5, 5.41) is 5.23. The lowest BCUT2D eigenvalue weighted by Crippen LogP contribution is -2.43. The van der Waals surface area contributed by atoms with E-state index in [0.717, 1.165) is 0 Å². The van der Waals surface area contributed by atoms with Gasteiger partial charge in [-0.25, -0.2) is 0 Å². The number of nitrogens with one attached hydrogen (secondary N) is 2. The zero-order valence-corrected chi connectivity index (χ0v) is 13.9. The maximum absolute atomic E-state index is 11.7. The van der Waals surface area contributed by atoms with Crippen LogP contribution in [0.5, 0.6) is 0 Å². The summed E-state index contributed by atoms with van der Waals surface area (Å²) < 4.78 is 0. The molecule has 1 aromatic carbocycles. The topological polar surface area (TPSA) is 61.4 Å². The average molecular weight is 305 g/mol. The first-order chi connectivity index (χ1) is 10.5. The van der Waals surface area contributed by atoms with Crippen LogP contribution in [0.25, 0.3) is 0 Å². The normalized spacial score (nSPS) is 12.3. The fourth-order valence-corrected chi connectivity index (χ4v) is 2.43. The van der Waals surface area contributed by atoms with E-state index in [1.54, 1.807) is 14.1 Å². The van der Waals surface area contributed by atoms with Crippen LogP contribution in [0, 0.1) is 5.92 Å². The quantitative estimate of drug-likeness (QED) is 0.759. The maximum atomic E-state index is 11.7. The second-order valence-corrected chi connectivity index (χ2v) is 5.78. The predicted octanol–water partition coefficient (Wildman–Crippen LogP) is 1.22. The molecule has 0 aromatic heterocycles. The largest absolute Gasteiger partial charge is 0.358 e. The molecule has 0 radical (unpaired) electrons. The monoisotopic (exact) mass is 305 g/mol. The van der Waals surface area contributed by atoms with E-state index in [9.17, 15) is 9.59 Å². The highest BCUT2D eigenvalue weighted by molar-refractivity contribution is 5.80. The molecule has 5 heteroatoms. The number of rotatable bonds is 8. The van der Waals surface area contributed by atoms with Crippen molar-refractivity contribution in [3.05, 3.63) is 35.9 Å². The third-order valence-corrected chi connectivity index (χ3v) is 3.78. The number of hydrogen-bond donors (Lipinski definition) is 2. The number of likely N-dealkylation sites (N-methyl/N-ethyl adjacent to an activating group) is 2. The molecule has 0 saturated heterocycles. The standard InChI is InChI=1S/C17H27N3O2/c1-13(2)15(14-8-6-5-7-9-14)10-20(11-16(21)18-3)12-17(22)19-4/h5-9,13,15H,10-12H2,1-4H3,(H,18,21)(H,19,22). The molecule has 0 aliphatic rings. The molecule has 2 amide bonds. The van der Waals surface area contributed by atoms with Gasteiger partial charge in [0.2, 0.25) is 11.8 Å². The Labute approximate surface area is 133 Å². The van der Waals surface area contributed by atoms with Crippen LogP contribution in [-0.4, -0.2) is 50.4 Å². The van der Waals surface area contributed by atoms with Crippen LogP contribution >= 0.6 is 0 Å². The molecular formula is C17H27N3O2. The fourth-order valence-electron chi connectivity index (χ4n) is 2.43. The minimum atomic E-state index is -0.0838. The highest BCUT2D eigenvalue weighted by atomic mass is 16.2. The van der Waals surface area contributed by atoms with Crippen molar-refractivity contribution >= 4 is 11.8 Å². The van der Waals surface area contributed by atoms with Crippen LogP contribution in [0.1, 0.15) is 25.3 Å². The summed E-state index contributed by atoms with van der Waals surface area (Å²) in [4.78, 5) is 25.3. The van der Waals surface area contributed by atoms with Gasteiger partial charge in [-0.1, -0.05) is 44.2 Å². The third-order valence-electron chi connectivity index (χ3n) is 3.78. The van der Waals surface area contributed by atoms with E-state index in [0.29, 0.717) is 12.5 Å². The van der Waals surface area contributed by atoms with Crippen molar-refractivity contribution in [3.63, 3.8) is 0 Å². The molecule has 2 N–H and O–H groups in total. The molecular weight excluding hydrogens is 278 g/mol. The second-order valence-electron chi connectivity index (χ2n) is 5.78. The molecule has 1 rings (SSSR count). The minimum absolute atomic E-state index is 0.0838. The van der Waals surface area contributed by atoms with Crippen molar-refractivity contribution in [2.24, 2.45) is 5.92 Å². The molecule has 0 heterocycles. The Morgan fingerprint density at radius 1 is 1.00 bits per heavy atom. The molecule has 0 saturated carbocycles. The van der Waals surface area contributed by atoms with E-state index in [-0.39, 0.29) is 30.8 Å². The predicted molar refractivity (Wildman–Crippen MR) is 88.6 cm³/mol. The van der Waals surface area contributed by atoms with Gasteiger partial charge in [0, 0.05) is 20.6 Å². The lowest BCUT2D eigenvalue weighted by atomic mass is 9.88. The zero-order chi connectivity index (χ0) is 16.5. The van der Waals surface area contributed by atoms with Crippen molar-refractivity contribution in [3.8, 4) is 0 Å². The van der Waals surface area contributed by atoms with E-state index in [1.807, 2.05) is 23.1 Å². The molecule has 1 atom stereocenters. The Hall–Kier alpha value is -1.88. The van der Waals surface area contributed by atoms with Gasteiger partial charge >= 0.3 is 0 Å². The summed E-state index contributed by atoms with van der Waals surface area (Å²) in [7, 11) is 3.22. The number of hydrogen-bond acceptors (Lipinski definition) is 3. The van der Waals surface area contributed by atoms with Crippen molar-refractivity contribution in [1.82, 2.24) is 15.5 Å². The summed E-state index contributed by atoms with van der Waals surface area (Å²) in [6, 6.07) is 10.2. The van der Waals surface area contributed by atoms with E-state index < -0.39 is 0 Å². The number of carbonyl (C=O) groups excluding carboxylic acids is 2. The Kier molecular flexibility index (Phi) is 7.60. The van der Waals surface area contributed by atoms with E-state index >= 15 is 0 Å². The van der Waals surface area contributed by atoms with E-state index in [4.69, 9.17) is 0 Å². The first-order valence-corrected chi connectivity index (χ1v) is 7.66. The number of nitrogens with zero attached hydrogens (tertiary/aromatic N) is 1. The molecule has 0 aliphatic carbocycles. The van der Waals surface area contributed by atoms with Crippen molar-refractivity contribution in [2.75, 3.05) is 33.7 Å². The molecule has 0 fully saturated rings. The number of carbonyl (C=O) groups is 2. The highest BCUT2D eigenvalue weighted by Crippen LogP contribution is 2.25. The molecule has 0 aliphatic heterocycles. The molecule has 0 spiro atoms. The van der Waals surface area contributed by atoms with Crippen molar-refractivity contribution in [1.29, 1.82) is 0 Å². The Bertz CT molecular complexity index is 456. The average Bonchev–Trinajstić information content (AvgIpc) is 2.52. The molecule has 0 bridgehead atoms. The van der Waals surface area contributed by atoms with Gasteiger partial charge in [-0.15, -0.1) is 0 Å². The van der Waals surface area contributed by atoms with Gasteiger partial charge in [-0.2, -0.15) is 0 Å². The Morgan fingerprint density at radius 3 is 1.91 bits per heavy atom. The van der Waals surface area contributed by atoms with Gasteiger partial charge < -0.3 is 10.6 Å². The summed E-state index contributed by atoms with van der Waals surface area (Å²) in [6.07, 6.45) is 0. The SMILES string of the molecule is CNC(=O)CN(CC(=O)NC)CC(c1ccccc1)C(C)C. The van der Waals surface area contributed by atoms with Crippen LogP contribution < -0.4 is 10.6 Å². The molecule has 5 nitrogen and oxygen atoms in total. The van der Waals surface area contributed by atoms with Crippen molar-refractivity contribution in [2.45, 2.75) is 19.8 Å². The molecule has 22 heavy (non-hydrogen) atoms. The number of amides is 2. The summed E-state index contributed by atoms with van der Waals surface area (Å²) in [5.74, 6) is 0.522. The van der Waals surface area contributed by atoms with Crippen LogP contribution in [0.2, 0.25) is 0 Å². The molecule has 122 valence electrons. The smallest absolute Gasteiger partial charge is 0.233 e.